The van der Waals surface area contributed by atoms with E-state index in [2.05, 4.69) is 36.9 Å². The fourth-order valence-corrected chi connectivity index (χ4v) is 8.40. The molecule has 3 aliphatic carbocycles. The number of imide groups is 1. The summed E-state index contributed by atoms with van der Waals surface area (Å²) in [6.45, 7) is 9.93. The molecule has 36 heavy (non-hydrogen) atoms. The third-order valence-corrected chi connectivity index (χ3v) is 11.0. The molecule has 2 bridgehead atoms. The molecule has 8 atom stereocenters. The van der Waals surface area contributed by atoms with E-state index in [0.29, 0.717) is 32.1 Å². The number of hydrogen-bond acceptors (Lipinski definition) is 6. The molecule has 4 rings (SSSR count). The molecular weight excluding hydrogens is 456 g/mol. The van der Waals surface area contributed by atoms with Gasteiger partial charge >= 0.3 is 6.09 Å². The normalized spacial score (nSPS) is 43.6. The van der Waals surface area contributed by atoms with Crippen molar-refractivity contribution >= 4 is 17.8 Å². The molecule has 3 saturated carbocycles. The number of carbonyl (C=O) groups excluding carboxylic acids is 3. The number of nitrogens with one attached hydrogen (secondary N) is 1. The van der Waals surface area contributed by atoms with E-state index < -0.39 is 29.1 Å². The van der Waals surface area contributed by atoms with Crippen molar-refractivity contribution in [3.63, 3.8) is 0 Å². The van der Waals surface area contributed by atoms with Gasteiger partial charge in [0.1, 0.15) is 11.9 Å². The van der Waals surface area contributed by atoms with Gasteiger partial charge in [0.25, 0.3) is 0 Å². The van der Waals surface area contributed by atoms with Crippen molar-refractivity contribution in [3.05, 3.63) is 0 Å². The highest BCUT2D eigenvalue weighted by atomic mass is 16.6. The second kappa shape index (κ2) is 9.76. The molecular formula is C29H44N2O5. The molecule has 4 aliphatic rings. The van der Waals surface area contributed by atoms with E-state index >= 15 is 0 Å². The zero-order valence-electron chi connectivity index (χ0n) is 22.6. The number of aliphatic hydroxyl groups excluding tert-OH is 1. The van der Waals surface area contributed by atoms with Gasteiger partial charge in [-0.1, -0.05) is 27.7 Å². The molecule has 7 nitrogen and oxygen atoms in total. The lowest BCUT2D eigenvalue weighted by Gasteiger charge is -2.62. The van der Waals surface area contributed by atoms with Crippen LogP contribution in [0, 0.1) is 52.3 Å². The third-order valence-electron chi connectivity index (χ3n) is 11.0. The minimum atomic E-state index is -0.759. The van der Waals surface area contributed by atoms with E-state index in [1.54, 1.807) is 0 Å². The van der Waals surface area contributed by atoms with E-state index in [1.807, 2.05) is 14.0 Å². The Hall–Kier alpha value is -1.91. The van der Waals surface area contributed by atoms with Crippen LogP contribution in [0.4, 0.5) is 4.79 Å². The Kier molecular flexibility index (Phi) is 7.36. The lowest BCUT2D eigenvalue weighted by atomic mass is 9.43. The minimum absolute atomic E-state index is 0.0973. The van der Waals surface area contributed by atoms with Gasteiger partial charge in [0, 0.05) is 35.5 Å². The number of ketones is 1. The second-order valence-electron chi connectivity index (χ2n) is 12.9. The molecule has 0 radical (unpaired) electrons. The van der Waals surface area contributed by atoms with E-state index in [-0.39, 0.29) is 40.8 Å². The highest BCUT2D eigenvalue weighted by molar-refractivity contribution is 5.93. The Morgan fingerprint density at radius 1 is 1.19 bits per heavy atom. The fourth-order valence-electron chi connectivity index (χ4n) is 8.40. The molecule has 4 fully saturated rings. The molecule has 0 aromatic carbocycles. The topological polar surface area (TPSA) is 95.9 Å². The number of Topliss-reactive ketones (excluding diaryl/α,β-unsaturated/α-hetero) is 1. The van der Waals surface area contributed by atoms with Gasteiger partial charge < -0.3 is 14.7 Å². The number of carbonyl (C=O) groups is 3. The van der Waals surface area contributed by atoms with Crippen molar-refractivity contribution in [1.82, 2.24) is 10.2 Å². The molecule has 1 heterocycles. The molecule has 0 aromatic heterocycles. The van der Waals surface area contributed by atoms with Gasteiger partial charge in [-0.15, -0.1) is 12.3 Å². The van der Waals surface area contributed by atoms with Crippen LogP contribution in [-0.4, -0.2) is 60.1 Å². The van der Waals surface area contributed by atoms with Crippen LogP contribution in [0.3, 0.4) is 0 Å². The van der Waals surface area contributed by atoms with Gasteiger partial charge in [0.2, 0.25) is 5.91 Å². The smallest absolute Gasteiger partial charge is 0.414 e. The van der Waals surface area contributed by atoms with Crippen molar-refractivity contribution in [2.75, 3.05) is 20.1 Å². The van der Waals surface area contributed by atoms with E-state index in [9.17, 15) is 19.5 Å². The lowest BCUT2D eigenvalue weighted by Crippen LogP contribution is -2.63. The van der Waals surface area contributed by atoms with E-state index in [1.165, 1.54) is 0 Å². The fraction of sp³-hybridized carbons (Fsp3) is 0.828. The van der Waals surface area contributed by atoms with Gasteiger partial charge in [-0.05, 0) is 75.9 Å². The number of aliphatic hydroxyl groups is 1. The first-order chi connectivity index (χ1) is 16.9. The molecule has 2 N–H and O–H groups in total. The van der Waals surface area contributed by atoms with Crippen LogP contribution < -0.4 is 5.32 Å². The van der Waals surface area contributed by atoms with Gasteiger partial charge in [0.05, 0.1) is 6.10 Å². The van der Waals surface area contributed by atoms with Crippen LogP contribution in [0.5, 0.6) is 0 Å². The lowest BCUT2D eigenvalue weighted by molar-refractivity contribution is -0.197. The molecule has 2 unspecified atom stereocenters. The van der Waals surface area contributed by atoms with Crippen molar-refractivity contribution in [3.8, 4) is 12.3 Å². The van der Waals surface area contributed by atoms with E-state index in [4.69, 9.17) is 11.2 Å². The Labute approximate surface area is 216 Å². The van der Waals surface area contributed by atoms with Crippen molar-refractivity contribution in [2.45, 2.75) is 91.3 Å². The largest absolute Gasteiger partial charge is 0.445 e. The highest BCUT2D eigenvalue weighted by Gasteiger charge is 2.68. The predicted octanol–water partition coefficient (Wildman–Crippen LogP) is 3.78. The van der Waals surface area contributed by atoms with Crippen LogP contribution in [0.1, 0.15) is 79.1 Å². The maximum absolute atomic E-state index is 13.5. The summed E-state index contributed by atoms with van der Waals surface area (Å²) in [6, 6.07) is 0. The number of ether oxygens (including phenoxy) is 1. The molecule has 2 amide bonds. The first-order valence-electron chi connectivity index (χ1n) is 13.7. The minimum Gasteiger partial charge on any atom is -0.445 e. The van der Waals surface area contributed by atoms with Crippen molar-refractivity contribution in [2.24, 2.45) is 39.9 Å². The Morgan fingerprint density at radius 2 is 1.86 bits per heavy atom. The molecule has 0 spiro atoms. The standard InChI is InChI=1S/C29H44N2O5/c1-7-12-27(4)17-22(36-26(35)30-25(34)20-10-15-31(6)16-11-20)28(5)18(2)8-13-29(19(3)24(27)33)14-9-21(32)23(28)29/h1,18-20,22-24,33H,8-17H2,2-6H3,(H,30,34,35)/t18-,19+,22-,23?,24+,27-,28+,29?/m1/s1. The van der Waals surface area contributed by atoms with Crippen LogP contribution in [0.15, 0.2) is 0 Å². The first-order valence-corrected chi connectivity index (χ1v) is 13.7. The number of amides is 2. The maximum atomic E-state index is 13.5. The first kappa shape index (κ1) is 27.1. The number of terminal acetylenes is 1. The maximum Gasteiger partial charge on any atom is 0.414 e. The number of piperidine rings is 1. The number of alkyl carbamates (subject to hydrolysis) is 1. The summed E-state index contributed by atoms with van der Waals surface area (Å²) in [4.78, 5) is 41.7. The summed E-state index contributed by atoms with van der Waals surface area (Å²) in [7, 11) is 2.02. The van der Waals surface area contributed by atoms with E-state index in [0.717, 1.165) is 32.4 Å². The summed E-state index contributed by atoms with van der Waals surface area (Å²) in [5.74, 6) is 2.18. The quantitative estimate of drug-likeness (QED) is 0.573. The summed E-state index contributed by atoms with van der Waals surface area (Å²) in [6.07, 6.45) is 8.74. The number of likely N-dealkylation sites (tertiary alicyclic amines) is 1. The summed E-state index contributed by atoms with van der Waals surface area (Å²) in [5.41, 5.74) is -1.63. The Morgan fingerprint density at radius 3 is 2.50 bits per heavy atom. The molecule has 1 aliphatic heterocycles. The molecule has 200 valence electrons. The monoisotopic (exact) mass is 500 g/mol. The van der Waals surface area contributed by atoms with Gasteiger partial charge in [-0.3, -0.25) is 14.9 Å². The van der Waals surface area contributed by atoms with Crippen LogP contribution >= 0.6 is 0 Å². The van der Waals surface area contributed by atoms with Crippen molar-refractivity contribution in [1.29, 1.82) is 0 Å². The predicted molar refractivity (Wildman–Crippen MR) is 137 cm³/mol. The van der Waals surface area contributed by atoms with Crippen LogP contribution in [-0.2, 0) is 14.3 Å². The summed E-state index contributed by atoms with van der Waals surface area (Å²) >= 11 is 0. The van der Waals surface area contributed by atoms with Crippen molar-refractivity contribution < 1.29 is 24.2 Å². The molecule has 1 saturated heterocycles. The van der Waals surface area contributed by atoms with Gasteiger partial charge in [0.15, 0.2) is 0 Å². The molecule has 0 aromatic rings. The highest BCUT2D eigenvalue weighted by Crippen LogP contribution is 2.68. The molecule has 7 heteroatoms. The summed E-state index contributed by atoms with van der Waals surface area (Å²) < 4.78 is 6.13. The zero-order valence-corrected chi connectivity index (χ0v) is 22.6. The number of hydrogen-bond donors (Lipinski definition) is 2. The zero-order chi connectivity index (χ0) is 26.5. The van der Waals surface area contributed by atoms with Gasteiger partial charge in [-0.2, -0.15) is 0 Å². The Balaban J connectivity index is 1.66. The van der Waals surface area contributed by atoms with Gasteiger partial charge in [-0.25, -0.2) is 4.79 Å². The van der Waals surface area contributed by atoms with Crippen LogP contribution in [0.25, 0.3) is 0 Å². The SMILES string of the molecule is C#CC[C@]1(C)C[C@@H](OC(=O)NC(=O)C2CCN(C)CC2)[C@@]2(C)C3C(=O)CCC3(CC[C@H]2C)[C@@H](C)[C@@H]1O. The average Bonchev–Trinajstić information content (AvgIpc) is 3.18. The second-order valence-corrected chi connectivity index (χ2v) is 12.9. The number of nitrogens with zero attached hydrogens (tertiary/aromatic N) is 1. The average molecular weight is 501 g/mol. The number of rotatable bonds is 3. The Bertz CT molecular complexity index is 936. The summed E-state index contributed by atoms with van der Waals surface area (Å²) in [5, 5.41) is 14.2. The third kappa shape index (κ3) is 4.28. The van der Waals surface area contributed by atoms with Crippen LogP contribution in [0.2, 0.25) is 0 Å².